The minimum Gasteiger partial charge on any atom is -0.339 e. The summed E-state index contributed by atoms with van der Waals surface area (Å²) in [4.78, 5) is 50.7. The second-order valence-electron chi connectivity index (χ2n) is 4.40. The van der Waals surface area contributed by atoms with Gasteiger partial charge in [-0.15, -0.1) is 5.06 Å². The summed E-state index contributed by atoms with van der Waals surface area (Å²) in [5.74, 6) is -2.43. The number of carbonyl (C=O) groups excluding carboxylic acids is 4. The minimum absolute atomic E-state index is 0.0325. The third-order valence-electron chi connectivity index (χ3n) is 2.82. The van der Waals surface area contributed by atoms with Gasteiger partial charge in [-0.1, -0.05) is 26.3 Å². The number of hydroxylamine groups is 2. The molecule has 1 atom stereocenters. The molecule has 1 rings (SSSR count). The number of nitrogens with one attached hydrogen (secondary N) is 1. The number of hydrogen-bond donors (Lipinski definition) is 1. The second-order valence-corrected chi connectivity index (χ2v) is 4.40. The third kappa shape index (κ3) is 4.18. The Morgan fingerprint density at radius 3 is 2.50 bits per heavy atom. The normalized spacial score (nSPS) is 15.9. The first kappa shape index (κ1) is 15.9. The molecule has 0 aliphatic carbocycles. The molecule has 1 N–H and O–H groups in total. The summed E-state index contributed by atoms with van der Waals surface area (Å²) in [7, 11) is 0. The quantitative estimate of drug-likeness (QED) is 0.540. The molecule has 1 unspecified atom stereocenters. The number of nitrogens with zero attached hydrogens (tertiary/aromatic N) is 1. The van der Waals surface area contributed by atoms with E-state index >= 15 is 0 Å². The minimum atomic E-state index is -0.901. The average molecular weight is 282 g/mol. The van der Waals surface area contributed by atoms with E-state index < -0.39 is 29.7 Å². The fourth-order valence-electron chi connectivity index (χ4n) is 1.70. The molecule has 20 heavy (non-hydrogen) atoms. The van der Waals surface area contributed by atoms with Gasteiger partial charge in [0.25, 0.3) is 11.8 Å². The van der Waals surface area contributed by atoms with Crippen molar-refractivity contribution in [3.05, 3.63) is 12.7 Å². The number of unbranched alkanes of at least 4 members (excludes halogenated alkanes) is 1. The third-order valence-corrected chi connectivity index (χ3v) is 2.82. The van der Waals surface area contributed by atoms with E-state index in [1.54, 1.807) is 0 Å². The molecule has 0 bridgehead atoms. The van der Waals surface area contributed by atoms with Crippen LogP contribution in [0.3, 0.4) is 0 Å². The van der Waals surface area contributed by atoms with Gasteiger partial charge in [0, 0.05) is 12.8 Å². The summed E-state index contributed by atoms with van der Waals surface area (Å²) >= 11 is 0. The number of carbonyl (C=O) groups is 4. The first-order chi connectivity index (χ1) is 9.49. The number of amides is 3. The van der Waals surface area contributed by atoms with Crippen LogP contribution in [0, 0.1) is 0 Å². The van der Waals surface area contributed by atoms with E-state index in [9.17, 15) is 19.2 Å². The molecule has 7 nitrogen and oxygen atoms in total. The van der Waals surface area contributed by atoms with Crippen LogP contribution in [-0.2, 0) is 24.0 Å². The number of imide groups is 1. The molecule has 1 aliphatic rings. The van der Waals surface area contributed by atoms with Gasteiger partial charge in [0.2, 0.25) is 5.91 Å². The zero-order valence-corrected chi connectivity index (χ0v) is 11.4. The van der Waals surface area contributed by atoms with Crippen LogP contribution in [0.2, 0.25) is 0 Å². The largest absolute Gasteiger partial charge is 0.355 e. The smallest absolute Gasteiger partial charge is 0.339 e. The fraction of sp³-hybridized carbons (Fsp3) is 0.538. The molecular weight excluding hydrogens is 264 g/mol. The van der Waals surface area contributed by atoms with Crippen LogP contribution >= 0.6 is 0 Å². The second kappa shape index (κ2) is 7.42. The van der Waals surface area contributed by atoms with Gasteiger partial charge in [-0.2, -0.15) is 0 Å². The molecular formula is C13H18N2O5. The Bertz CT molecular complexity index is 416. The molecule has 1 saturated heterocycles. The van der Waals surface area contributed by atoms with Crippen molar-refractivity contribution in [3.8, 4) is 0 Å². The van der Waals surface area contributed by atoms with E-state index in [1.807, 2.05) is 6.92 Å². The molecule has 110 valence electrons. The predicted molar refractivity (Wildman–Crippen MR) is 68.8 cm³/mol. The van der Waals surface area contributed by atoms with Crippen LogP contribution in [0.4, 0.5) is 0 Å². The van der Waals surface area contributed by atoms with E-state index in [0.717, 1.165) is 12.5 Å². The standard InChI is InChI=1S/C13H18N2O5/c1-3-5-6-9(14-10(16)4-2)13(19)20-15-11(17)7-8-12(15)18/h4,9H,2-3,5-8H2,1H3,(H,14,16). The van der Waals surface area contributed by atoms with Gasteiger partial charge < -0.3 is 10.2 Å². The summed E-state index contributed by atoms with van der Waals surface area (Å²) in [5.41, 5.74) is 0. The highest BCUT2D eigenvalue weighted by atomic mass is 16.7. The number of hydrogen-bond acceptors (Lipinski definition) is 5. The van der Waals surface area contributed by atoms with Crippen molar-refractivity contribution >= 4 is 23.7 Å². The van der Waals surface area contributed by atoms with Crippen molar-refractivity contribution in [2.75, 3.05) is 0 Å². The van der Waals surface area contributed by atoms with Crippen LogP contribution in [0.1, 0.15) is 39.0 Å². The van der Waals surface area contributed by atoms with Gasteiger partial charge in [-0.05, 0) is 12.5 Å². The topological polar surface area (TPSA) is 92.8 Å². The summed E-state index contributed by atoms with van der Waals surface area (Å²) in [6.07, 6.45) is 2.99. The molecule has 0 saturated carbocycles. The van der Waals surface area contributed by atoms with Crippen molar-refractivity contribution in [1.82, 2.24) is 10.4 Å². The zero-order valence-electron chi connectivity index (χ0n) is 11.4. The lowest BCUT2D eigenvalue weighted by Crippen LogP contribution is -2.44. The van der Waals surface area contributed by atoms with Gasteiger partial charge in [0.15, 0.2) is 0 Å². The molecule has 1 heterocycles. The highest BCUT2D eigenvalue weighted by Gasteiger charge is 2.34. The van der Waals surface area contributed by atoms with Gasteiger partial charge in [-0.3, -0.25) is 14.4 Å². The molecule has 0 spiro atoms. The van der Waals surface area contributed by atoms with Gasteiger partial charge in [0.05, 0.1) is 0 Å². The maximum Gasteiger partial charge on any atom is 0.355 e. The Labute approximate surface area is 116 Å². The Morgan fingerprint density at radius 2 is 2.00 bits per heavy atom. The molecule has 7 heteroatoms. The van der Waals surface area contributed by atoms with E-state index in [1.165, 1.54) is 0 Å². The van der Waals surface area contributed by atoms with Crippen molar-refractivity contribution < 1.29 is 24.0 Å². The van der Waals surface area contributed by atoms with E-state index in [0.29, 0.717) is 17.9 Å². The first-order valence-corrected chi connectivity index (χ1v) is 6.50. The van der Waals surface area contributed by atoms with Crippen LogP contribution < -0.4 is 5.32 Å². The van der Waals surface area contributed by atoms with Gasteiger partial charge in [0.1, 0.15) is 6.04 Å². The summed E-state index contributed by atoms with van der Waals surface area (Å²) in [5, 5.41) is 2.90. The lowest BCUT2D eigenvalue weighted by atomic mass is 10.1. The van der Waals surface area contributed by atoms with E-state index in [-0.39, 0.29) is 12.8 Å². The lowest BCUT2D eigenvalue weighted by molar-refractivity contribution is -0.199. The molecule has 0 aromatic heterocycles. The summed E-state index contributed by atoms with van der Waals surface area (Å²) < 4.78 is 0. The zero-order chi connectivity index (χ0) is 15.1. The summed E-state index contributed by atoms with van der Waals surface area (Å²) in [6, 6.07) is -0.901. The summed E-state index contributed by atoms with van der Waals surface area (Å²) in [6.45, 7) is 5.23. The Balaban J connectivity index is 2.66. The highest BCUT2D eigenvalue weighted by molar-refractivity contribution is 6.02. The Morgan fingerprint density at radius 1 is 1.40 bits per heavy atom. The van der Waals surface area contributed by atoms with E-state index in [4.69, 9.17) is 4.84 Å². The van der Waals surface area contributed by atoms with Crippen LogP contribution in [0.25, 0.3) is 0 Å². The predicted octanol–water partition coefficient (Wildman–Crippen LogP) is 0.455. The Hall–Kier alpha value is -2.18. The Kier molecular flexibility index (Phi) is 5.89. The molecule has 1 fully saturated rings. The molecule has 1 aliphatic heterocycles. The molecule has 0 aromatic rings. The number of rotatable bonds is 7. The van der Waals surface area contributed by atoms with Crippen molar-refractivity contribution in [2.24, 2.45) is 0 Å². The van der Waals surface area contributed by atoms with Crippen molar-refractivity contribution in [2.45, 2.75) is 45.1 Å². The lowest BCUT2D eigenvalue weighted by Gasteiger charge is -2.19. The average Bonchev–Trinajstić information content (AvgIpc) is 2.74. The van der Waals surface area contributed by atoms with Gasteiger partial charge in [-0.25, -0.2) is 4.79 Å². The SMILES string of the molecule is C=CC(=O)NC(CCCC)C(=O)ON1C(=O)CCC1=O. The highest BCUT2D eigenvalue weighted by Crippen LogP contribution is 2.13. The monoisotopic (exact) mass is 282 g/mol. The first-order valence-electron chi connectivity index (χ1n) is 6.50. The van der Waals surface area contributed by atoms with Gasteiger partial charge >= 0.3 is 5.97 Å². The molecule has 0 aromatic carbocycles. The van der Waals surface area contributed by atoms with Crippen molar-refractivity contribution in [3.63, 3.8) is 0 Å². The molecule has 0 radical (unpaired) electrons. The van der Waals surface area contributed by atoms with Crippen molar-refractivity contribution in [1.29, 1.82) is 0 Å². The van der Waals surface area contributed by atoms with Crippen LogP contribution in [-0.4, -0.2) is 34.8 Å². The fourth-order valence-corrected chi connectivity index (χ4v) is 1.70. The van der Waals surface area contributed by atoms with Crippen LogP contribution in [0.5, 0.6) is 0 Å². The maximum atomic E-state index is 11.9. The van der Waals surface area contributed by atoms with E-state index in [2.05, 4.69) is 11.9 Å². The molecule has 3 amide bonds. The van der Waals surface area contributed by atoms with Crippen LogP contribution in [0.15, 0.2) is 12.7 Å². The maximum absolute atomic E-state index is 11.9.